The van der Waals surface area contributed by atoms with Crippen LogP contribution in [0.2, 0.25) is 0 Å². The molecule has 18 heavy (non-hydrogen) atoms. The molecule has 4 rings (SSSR count). The summed E-state index contributed by atoms with van der Waals surface area (Å²) in [4.78, 5) is 16.0. The maximum absolute atomic E-state index is 11.6. The average Bonchev–Trinajstić information content (AvgIpc) is 2.93. The van der Waals surface area contributed by atoms with Crippen LogP contribution in [-0.2, 0) is 0 Å². The van der Waals surface area contributed by atoms with Gasteiger partial charge in [0.15, 0.2) is 0 Å². The molecule has 5 nitrogen and oxygen atoms in total. The van der Waals surface area contributed by atoms with Crippen molar-refractivity contribution in [3.8, 4) is 5.00 Å². The van der Waals surface area contributed by atoms with Crippen molar-refractivity contribution in [2.75, 3.05) is 0 Å². The quantitative estimate of drug-likeness (QED) is 0.765. The highest BCUT2D eigenvalue weighted by atomic mass is 32.1. The minimum Gasteiger partial charge on any atom is -0.297 e. The van der Waals surface area contributed by atoms with E-state index in [9.17, 15) is 4.79 Å². The summed E-state index contributed by atoms with van der Waals surface area (Å²) in [5.41, 5.74) is 1.01. The lowest BCUT2D eigenvalue weighted by molar-refractivity contribution is 1.01. The Bertz CT molecular complexity index is 781. The number of hydrogen-bond acceptors (Lipinski definition) is 4. The Hall–Kier alpha value is -1.95. The summed E-state index contributed by atoms with van der Waals surface area (Å²) in [7, 11) is 0. The SMILES string of the molecule is O=c1[nH]ncc2sc(-n3cnc(C4CC4)c3)cc12. The maximum atomic E-state index is 11.6. The summed E-state index contributed by atoms with van der Waals surface area (Å²) < 4.78 is 2.88. The molecule has 90 valence electrons. The number of aromatic nitrogens is 4. The van der Waals surface area contributed by atoms with E-state index in [0.29, 0.717) is 11.3 Å². The predicted molar refractivity (Wildman–Crippen MR) is 69.3 cm³/mol. The van der Waals surface area contributed by atoms with Crippen molar-refractivity contribution in [1.29, 1.82) is 0 Å². The molecule has 1 aliphatic rings. The van der Waals surface area contributed by atoms with E-state index in [1.807, 2.05) is 17.0 Å². The fourth-order valence-corrected chi connectivity index (χ4v) is 3.02. The topological polar surface area (TPSA) is 63.6 Å². The van der Waals surface area contributed by atoms with Crippen molar-refractivity contribution in [1.82, 2.24) is 19.7 Å². The van der Waals surface area contributed by atoms with Gasteiger partial charge in [-0.15, -0.1) is 11.3 Å². The van der Waals surface area contributed by atoms with Crippen molar-refractivity contribution in [3.05, 3.63) is 40.8 Å². The van der Waals surface area contributed by atoms with Crippen LogP contribution in [0.4, 0.5) is 0 Å². The van der Waals surface area contributed by atoms with E-state index in [-0.39, 0.29) is 5.56 Å². The van der Waals surface area contributed by atoms with Gasteiger partial charge in [-0.1, -0.05) is 0 Å². The number of nitrogens with zero attached hydrogens (tertiary/aromatic N) is 3. The molecule has 1 N–H and O–H groups in total. The smallest absolute Gasteiger partial charge is 0.272 e. The molecule has 1 fully saturated rings. The van der Waals surface area contributed by atoms with Gasteiger partial charge in [-0.25, -0.2) is 10.1 Å². The number of aromatic amines is 1. The first kappa shape index (κ1) is 10.0. The Balaban J connectivity index is 1.85. The maximum Gasteiger partial charge on any atom is 0.272 e. The number of rotatable bonds is 2. The largest absolute Gasteiger partial charge is 0.297 e. The van der Waals surface area contributed by atoms with Gasteiger partial charge in [0.2, 0.25) is 0 Å². The lowest BCUT2D eigenvalue weighted by atomic mass is 10.3. The Morgan fingerprint density at radius 2 is 2.33 bits per heavy atom. The van der Waals surface area contributed by atoms with Crippen molar-refractivity contribution in [2.24, 2.45) is 0 Å². The zero-order valence-corrected chi connectivity index (χ0v) is 10.3. The molecule has 6 heteroatoms. The molecular formula is C12H10N4OS. The summed E-state index contributed by atoms with van der Waals surface area (Å²) in [5.74, 6) is 0.644. The highest BCUT2D eigenvalue weighted by Gasteiger charge is 2.25. The third-order valence-corrected chi connectivity index (χ3v) is 4.28. The Labute approximate surface area is 106 Å². The number of H-pyrrole nitrogens is 1. The van der Waals surface area contributed by atoms with Crippen LogP contribution in [-0.4, -0.2) is 19.7 Å². The zero-order chi connectivity index (χ0) is 12.1. The standard InChI is InChI=1S/C12H10N4OS/c17-12-8-3-11(18-10(8)4-14-15-12)16-5-9(13-6-16)7-1-2-7/h3-7H,1-2H2,(H,15,17). The summed E-state index contributed by atoms with van der Waals surface area (Å²) >= 11 is 1.55. The van der Waals surface area contributed by atoms with Gasteiger partial charge in [0.05, 0.1) is 22.0 Å². The summed E-state index contributed by atoms with van der Waals surface area (Å²) in [6.07, 6.45) is 8.05. The second-order valence-electron chi connectivity index (χ2n) is 4.54. The first-order valence-corrected chi connectivity index (χ1v) is 6.64. The number of hydrogen-bond donors (Lipinski definition) is 1. The molecule has 0 atom stereocenters. The van der Waals surface area contributed by atoms with Gasteiger partial charge >= 0.3 is 0 Å². The van der Waals surface area contributed by atoms with Crippen LogP contribution in [0.1, 0.15) is 24.5 Å². The molecule has 0 amide bonds. The molecule has 3 aromatic rings. The minimum atomic E-state index is -0.141. The molecule has 0 radical (unpaired) electrons. The molecule has 0 unspecified atom stereocenters. The fourth-order valence-electron chi connectivity index (χ4n) is 2.05. The molecular weight excluding hydrogens is 248 g/mol. The van der Waals surface area contributed by atoms with E-state index in [4.69, 9.17) is 0 Å². The second-order valence-corrected chi connectivity index (χ2v) is 5.60. The number of fused-ring (bicyclic) bond motifs is 1. The summed E-state index contributed by atoms with van der Waals surface area (Å²) in [6, 6.07) is 1.89. The van der Waals surface area contributed by atoms with E-state index in [1.165, 1.54) is 12.8 Å². The van der Waals surface area contributed by atoms with Crippen LogP contribution < -0.4 is 5.56 Å². The second kappa shape index (κ2) is 3.52. The normalized spacial score (nSPS) is 15.3. The van der Waals surface area contributed by atoms with Crippen molar-refractivity contribution in [3.63, 3.8) is 0 Å². The number of nitrogens with one attached hydrogen (secondary N) is 1. The molecule has 0 bridgehead atoms. The predicted octanol–water partition coefficient (Wildman–Crippen LogP) is 2.05. The molecule has 0 spiro atoms. The van der Waals surface area contributed by atoms with Gasteiger partial charge in [-0.05, 0) is 18.9 Å². The first-order valence-electron chi connectivity index (χ1n) is 5.83. The van der Waals surface area contributed by atoms with Gasteiger partial charge in [-0.2, -0.15) is 5.10 Å². The molecule has 1 aliphatic carbocycles. The van der Waals surface area contributed by atoms with Gasteiger partial charge < -0.3 is 0 Å². The van der Waals surface area contributed by atoms with Crippen LogP contribution in [0.25, 0.3) is 15.1 Å². The summed E-state index contributed by atoms with van der Waals surface area (Å²) in [5, 5.41) is 7.95. The minimum absolute atomic E-state index is 0.141. The lowest BCUT2D eigenvalue weighted by Gasteiger charge is -1.93. The van der Waals surface area contributed by atoms with Crippen molar-refractivity contribution >= 4 is 21.4 Å². The van der Waals surface area contributed by atoms with Gasteiger partial charge in [0.1, 0.15) is 11.3 Å². The van der Waals surface area contributed by atoms with Crippen LogP contribution in [0.3, 0.4) is 0 Å². The van der Waals surface area contributed by atoms with E-state index in [0.717, 1.165) is 15.4 Å². The van der Waals surface area contributed by atoms with Gasteiger partial charge in [-0.3, -0.25) is 9.36 Å². The van der Waals surface area contributed by atoms with E-state index in [2.05, 4.69) is 21.4 Å². The third-order valence-electron chi connectivity index (χ3n) is 3.19. The molecule has 3 heterocycles. The Kier molecular flexibility index (Phi) is 1.96. The van der Waals surface area contributed by atoms with Crippen LogP contribution in [0.5, 0.6) is 0 Å². The average molecular weight is 258 g/mol. The highest BCUT2D eigenvalue weighted by molar-refractivity contribution is 7.21. The van der Waals surface area contributed by atoms with E-state index >= 15 is 0 Å². The number of thiophene rings is 1. The highest BCUT2D eigenvalue weighted by Crippen LogP contribution is 2.39. The lowest BCUT2D eigenvalue weighted by Crippen LogP contribution is -2.05. The van der Waals surface area contributed by atoms with Crippen LogP contribution in [0, 0.1) is 0 Å². The molecule has 1 saturated carbocycles. The Morgan fingerprint density at radius 3 is 3.11 bits per heavy atom. The van der Waals surface area contributed by atoms with Crippen molar-refractivity contribution < 1.29 is 0 Å². The van der Waals surface area contributed by atoms with Crippen LogP contribution in [0.15, 0.2) is 29.6 Å². The molecule has 0 aliphatic heterocycles. The summed E-state index contributed by atoms with van der Waals surface area (Å²) in [6.45, 7) is 0. The molecule has 3 aromatic heterocycles. The van der Waals surface area contributed by atoms with Crippen molar-refractivity contribution in [2.45, 2.75) is 18.8 Å². The third kappa shape index (κ3) is 1.49. The zero-order valence-electron chi connectivity index (χ0n) is 9.46. The first-order chi connectivity index (χ1) is 8.81. The molecule has 0 saturated heterocycles. The van der Waals surface area contributed by atoms with Gasteiger partial charge in [0, 0.05) is 12.1 Å². The Morgan fingerprint density at radius 1 is 1.44 bits per heavy atom. The van der Waals surface area contributed by atoms with E-state index in [1.54, 1.807) is 17.5 Å². The number of imidazole rings is 1. The van der Waals surface area contributed by atoms with E-state index < -0.39 is 0 Å². The van der Waals surface area contributed by atoms with Gasteiger partial charge in [0.25, 0.3) is 5.56 Å². The molecule has 0 aromatic carbocycles. The van der Waals surface area contributed by atoms with Crippen LogP contribution >= 0.6 is 11.3 Å². The fraction of sp³-hybridized carbons (Fsp3) is 0.250. The monoisotopic (exact) mass is 258 g/mol.